The van der Waals surface area contributed by atoms with Crippen LogP contribution in [0.1, 0.15) is 18.4 Å². The summed E-state index contributed by atoms with van der Waals surface area (Å²) < 4.78 is 13.1. The summed E-state index contributed by atoms with van der Waals surface area (Å²) in [6.07, 6.45) is 0.444. The highest BCUT2D eigenvalue weighted by molar-refractivity contribution is 6.31. The second-order valence-corrected chi connectivity index (χ2v) is 6.62. The number of benzene rings is 1. The number of β-amino-alcohol motifs (C(OH)–C–C–N with tert-alkyl or cyclic N) is 1. The second kappa shape index (κ2) is 6.73. The van der Waals surface area contributed by atoms with Crippen molar-refractivity contribution < 1.29 is 19.4 Å². The van der Waals surface area contributed by atoms with E-state index >= 15 is 0 Å². The van der Waals surface area contributed by atoms with Gasteiger partial charge in [-0.25, -0.2) is 4.39 Å². The minimum atomic E-state index is -0.788. The van der Waals surface area contributed by atoms with Crippen LogP contribution in [-0.2, 0) is 11.3 Å². The number of hydrogen-bond donors (Lipinski definition) is 2. The first-order valence-corrected chi connectivity index (χ1v) is 8.13. The molecule has 3 rings (SSSR count). The fourth-order valence-corrected chi connectivity index (χ4v) is 3.83. The van der Waals surface area contributed by atoms with Gasteiger partial charge in [0.05, 0.1) is 12.7 Å². The fraction of sp³-hybridized carbons (Fsp3) is 0.562. The molecule has 2 heterocycles. The number of carbonyl (C=O) groups excluding carboxylic acids is 1. The van der Waals surface area contributed by atoms with Crippen LogP contribution < -0.4 is 0 Å². The number of hydrogen-bond acceptors (Lipinski definition) is 4. The highest BCUT2D eigenvalue weighted by Crippen LogP contribution is 2.34. The Kier molecular flexibility index (Phi) is 4.87. The van der Waals surface area contributed by atoms with Crippen molar-refractivity contribution in [2.45, 2.75) is 37.6 Å². The summed E-state index contributed by atoms with van der Waals surface area (Å²) >= 11 is 6.07. The third kappa shape index (κ3) is 3.35. The topological polar surface area (TPSA) is 64.0 Å². The van der Waals surface area contributed by atoms with Crippen molar-refractivity contribution in [2.24, 2.45) is 0 Å². The van der Waals surface area contributed by atoms with Gasteiger partial charge in [-0.2, -0.15) is 0 Å². The minimum Gasteiger partial charge on any atom is -0.394 e. The summed E-state index contributed by atoms with van der Waals surface area (Å²) in [5, 5.41) is 18.9. The lowest BCUT2D eigenvalue weighted by Gasteiger charge is -2.26. The standard InChI is InChI=1S/C16H20ClFN2O3/c17-13-5-11(18)2-1-10(13)7-20-14-3-4-19(8-12(22)9-21)15(14)6-16(20)23/h1-2,5,12,14-15,21-22H,3-4,6-9H2/t12?,14-,15-/m0/s1. The monoisotopic (exact) mass is 342 g/mol. The van der Waals surface area contributed by atoms with Gasteiger partial charge in [0, 0.05) is 43.2 Å². The van der Waals surface area contributed by atoms with E-state index in [9.17, 15) is 14.3 Å². The molecule has 3 atom stereocenters. The Balaban J connectivity index is 1.71. The third-order valence-corrected chi connectivity index (χ3v) is 5.09. The third-order valence-electron chi connectivity index (χ3n) is 4.74. The quantitative estimate of drug-likeness (QED) is 0.838. The Bertz CT molecular complexity index is 601. The molecule has 0 spiro atoms. The van der Waals surface area contributed by atoms with Gasteiger partial charge in [-0.05, 0) is 24.1 Å². The molecule has 0 saturated carbocycles. The fourth-order valence-electron chi connectivity index (χ4n) is 3.60. The van der Waals surface area contributed by atoms with E-state index in [0.717, 1.165) is 18.5 Å². The molecule has 2 N–H and O–H groups in total. The molecule has 1 unspecified atom stereocenters. The zero-order valence-corrected chi connectivity index (χ0v) is 13.4. The molecule has 1 aromatic rings. The van der Waals surface area contributed by atoms with Crippen LogP contribution in [0.25, 0.3) is 0 Å². The molecule has 126 valence electrons. The van der Waals surface area contributed by atoms with E-state index in [4.69, 9.17) is 16.7 Å². The van der Waals surface area contributed by atoms with Crippen molar-refractivity contribution in [2.75, 3.05) is 19.7 Å². The predicted molar refractivity (Wildman–Crippen MR) is 83.4 cm³/mol. The smallest absolute Gasteiger partial charge is 0.224 e. The average molecular weight is 343 g/mol. The van der Waals surface area contributed by atoms with Gasteiger partial charge < -0.3 is 15.1 Å². The van der Waals surface area contributed by atoms with Crippen molar-refractivity contribution >= 4 is 17.5 Å². The summed E-state index contributed by atoms with van der Waals surface area (Å²) in [6.45, 7) is 1.25. The SMILES string of the molecule is O=C1C[C@H]2[C@H](CCN2CC(O)CO)N1Cc1ccc(F)cc1Cl. The Morgan fingerprint density at radius 2 is 2.17 bits per heavy atom. The number of likely N-dealkylation sites (tertiary alicyclic amines) is 2. The number of aliphatic hydroxyl groups is 2. The molecule has 2 aliphatic rings. The number of amides is 1. The molecular formula is C16H20ClFN2O3. The number of halogens is 2. The predicted octanol–water partition coefficient (Wildman–Crippen LogP) is 1.01. The Hall–Kier alpha value is -1.21. The maximum Gasteiger partial charge on any atom is 0.224 e. The molecule has 0 aromatic heterocycles. The van der Waals surface area contributed by atoms with Gasteiger partial charge in [-0.1, -0.05) is 17.7 Å². The van der Waals surface area contributed by atoms with Crippen molar-refractivity contribution in [1.29, 1.82) is 0 Å². The lowest BCUT2D eigenvalue weighted by atomic mass is 10.1. The van der Waals surface area contributed by atoms with Crippen molar-refractivity contribution in [3.05, 3.63) is 34.6 Å². The van der Waals surface area contributed by atoms with Gasteiger partial charge >= 0.3 is 0 Å². The lowest BCUT2D eigenvalue weighted by Crippen LogP contribution is -2.40. The van der Waals surface area contributed by atoms with Crippen molar-refractivity contribution in [3.63, 3.8) is 0 Å². The van der Waals surface area contributed by atoms with Gasteiger partial charge in [0.2, 0.25) is 5.91 Å². The Morgan fingerprint density at radius 1 is 1.39 bits per heavy atom. The molecule has 5 nitrogen and oxygen atoms in total. The number of aliphatic hydroxyl groups excluding tert-OH is 2. The normalized spacial score (nSPS) is 25.9. The van der Waals surface area contributed by atoms with E-state index in [1.54, 1.807) is 11.0 Å². The molecule has 0 bridgehead atoms. The summed E-state index contributed by atoms with van der Waals surface area (Å²) in [4.78, 5) is 16.2. The second-order valence-electron chi connectivity index (χ2n) is 6.22. The van der Waals surface area contributed by atoms with Crippen LogP contribution in [0.15, 0.2) is 18.2 Å². The molecular weight excluding hydrogens is 323 g/mol. The molecule has 2 saturated heterocycles. The van der Waals surface area contributed by atoms with E-state index in [2.05, 4.69) is 4.90 Å². The van der Waals surface area contributed by atoms with Crippen LogP contribution in [0.4, 0.5) is 4.39 Å². The van der Waals surface area contributed by atoms with E-state index in [0.29, 0.717) is 24.5 Å². The first-order valence-electron chi connectivity index (χ1n) is 7.76. The maximum atomic E-state index is 13.1. The lowest BCUT2D eigenvalue weighted by molar-refractivity contribution is -0.129. The van der Waals surface area contributed by atoms with E-state index in [1.165, 1.54) is 12.1 Å². The molecule has 7 heteroatoms. The highest BCUT2D eigenvalue weighted by Gasteiger charge is 2.46. The largest absolute Gasteiger partial charge is 0.394 e. The van der Waals surface area contributed by atoms with Crippen LogP contribution in [-0.4, -0.2) is 63.8 Å². The van der Waals surface area contributed by atoms with E-state index in [-0.39, 0.29) is 24.6 Å². The molecule has 0 aliphatic carbocycles. The van der Waals surface area contributed by atoms with E-state index in [1.807, 2.05) is 0 Å². The van der Waals surface area contributed by atoms with Gasteiger partial charge in [0.25, 0.3) is 0 Å². The summed E-state index contributed by atoms with van der Waals surface area (Å²) in [6, 6.07) is 4.35. The molecule has 23 heavy (non-hydrogen) atoms. The first-order chi connectivity index (χ1) is 11.0. The van der Waals surface area contributed by atoms with Gasteiger partial charge in [-0.3, -0.25) is 9.69 Å². The maximum absolute atomic E-state index is 13.1. The average Bonchev–Trinajstić information content (AvgIpc) is 3.02. The first kappa shape index (κ1) is 16.6. The molecule has 1 aromatic carbocycles. The zero-order valence-electron chi connectivity index (χ0n) is 12.7. The summed E-state index contributed by atoms with van der Waals surface area (Å²) in [5.41, 5.74) is 0.732. The summed E-state index contributed by atoms with van der Waals surface area (Å²) in [5.74, 6) is -0.349. The zero-order chi connectivity index (χ0) is 16.6. The molecule has 0 radical (unpaired) electrons. The number of nitrogens with zero attached hydrogens (tertiary/aromatic N) is 2. The van der Waals surface area contributed by atoms with Gasteiger partial charge in [0.15, 0.2) is 0 Å². The minimum absolute atomic E-state index is 0.0450. The Morgan fingerprint density at radius 3 is 2.87 bits per heavy atom. The van der Waals surface area contributed by atoms with Crippen molar-refractivity contribution in [3.8, 4) is 0 Å². The Labute approximate surface area is 139 Å². The van der Waals surface area contributed by atoms with Crippen LogP contribution in [0, 0.1) is 5.82 Å². The molecule has 1 amide bonds. The van der Waals surface area contributed by atoms with Gasteiger partial charge in [0.1, 0.15) is 5.82 Å². The molecule has 2 aliphatic heterocycles. The van der Waals surface area contributed by atoms with E-state index < -0.39 is 11.9 Å². The van der Waals surface area contributed by atoms with Crippen LogP contribution in [0.3, 0.4) is 0 Å². The van der Waals surface area contributed by atoms with Crippen LogP contribution in [0.2, 0.25) is 5.02 Å². The highest BCUT2D eigenvalue weighted by atomic mass is 35.5. The van der Waals surface area contributed by atoms with Crippen LogP contribution >= 0.6 is 11.6 Å². The van der Waals surface area contributed by atoms with Gasteiger partial charge in [-0.15, -0.1) is 0 Å². The number of fused-ring (bicyclic) bond motifs is 1. The van der Waals surface area contributed by atoms with Crippen molar-refractivity contribution in [1.82, 2.24) is 9.80 Å². The van der Waals surface area contributed by atoms with Crippen LogP contribution in [0.5, 0.6) is 0 Å². The number of carbonyl (C=O) groups is 1. The summed E-state index contributed by atoms with van der Waals surface area (Å²) in [7, 11) is 0. The molecule has 2 fully saturated rings. The number of rotatable bonds is 5.